The van der Waals surface area contributed by atoms with E-state index >= 15 is 0 Å². The molecule has 0 atom stereocenters. The minimum absolute atomic E-state index is 0.0913. The lowest BCUT2D eigenvalue weighted by molar-refractivity contribution is 0.0987. The number of phenols is 1. The highest BCUT2D eigenvalue weighted by Gasteiger charge is 2.19. The number of ketones is 1. The van der Waals surface area contributed by atoms with E-state index in [4.69, 9.17) is 4.74 Å². The Morgan fingerprint density at radius 2 is 1.40 bits per heavy atom. The van der Waals surface area contributed by atoms with Gasteiger partial charge in [-0.2, -0.15) is 0 Å². The Balaban J connectivity index is 1.95. The molecule has 0 saturated carbocycles. The number of para-hydroxylation sites is 1. The predicted molar refractivity (Wildman–Crippen MR) is 125 cm³/mol. The van der Waals surface area contributed by atoms with Crippen molar-refractivity contribution in [3.05, 3.63) is 53.6 Å². The molecule has 0 bridgehead atoms. The first-order valence-electron chi connectivity index (χ1n) is 11.8. The van der Waals surface area contributed by atoms with Crippen LogP contribution in [0.2, 0.25) is 0 Å². The molecule has 0 aliphatic rings. The SMILES string of the molecule is CCCCCCCCCCCCc1c(C(=O)CC)ccc(O)c1Oc1ccccc1. The normalized spacial score (nSPS) is 10.9. The van der Waals surface area contributed by atoms with Crippen LogP contribution in [0.25, 0.3) is 0 Å². The molecule has 0 aromatic heterocycles. The van der Waals surface area contributed by atoms with Crippen molar-refractivity contribution in [2.45, 2.75) is 90.9 Å². The Bertz CT molecular complexity index is 752. The summed E-state index contributed by atoms with van der Waals surface area (Å²) in [4.78, 5) is 12.5. The molecule has 2 aromatic carbocycles. The number of ether oxygens (including phenoxy) is 1. The number of hydrogen-bond acceptors (Lipinski definition) is 3. The third-order valence-electron chi connectivity index (χ3n) is 5.60. The Morgan fingerprint density at radius 3 is 2.00 bits per heavy atom. The van der Waals surface area contributed by atoms with Crippen LogP contribution in [0, 0.1) is 0 Å². The molecule has 0 heterocycles. The Morgan fingerprint density at radius 1 is 0.800 bits per heavy atom. The van der Waals surface area contributed by atoms with Crippen molar-refractivity contribution in [1.82, 2.24) is 0 Å². The number of phenolic OH excluding ortho intramolecular Hbond substituents is 1. The molecule has 1 N–H and O–H groups in total. The van der Waals surface area contributed by atoms with Gasteiger partial charge in [-0.05, 0) is 37.1 Å². The summed E-state index contributed by atoms with van der Waals surface area (Å²) >= 11 is 0. The molecular weight excluding hydrogens is 372 g/mol. The molecule has 30 heavy (non-hydrogen) atoms. The van der Waals surface area contributed by atoms with Crippen LogP contribution in [0.15, 0.2) is 42.5 Å². The van der Waals surface area contributed by atoms with Gasteiger partial charge in [0.15, 0.2) is 17.3 Å². The van der Waals surface area contributed by atoms with Crippen LogP contribution in [0.4, 0.5) is 0 Å². The van der Waals surface area contributed by atoms with Crippen molar-refractivity contribution in [2.24, 2.45) is 0 Å². The van der Waals surface area contributed by atoms with Crippen LogP contribution < -0.4 is 4.74 Å². The molecular formula is C27H38O3. The number of carbonyl (C=O) groups excluding carboxylic acids is 1. The summed E-state index contributed by atoms with van der Waals surface area (Å²) < 4.78 is 6.02. The summed E-state index contributed by atoms with van der Waals surface area (Å²) in [7, 11) is 0. The van der Waals surface area contributed by atoms with Crippen LogP contribution in [-0.2, 0) is 6.42 Å². The Kier molecular flexibility index (Phi) is 11.1. The second kappa shape index (κ2) is 13.8. The average molecular weight is 411 g/mol. The first-order chi connectivity index (χ1) is 14.7. The molecule has 0 fully saturated rings. The van der Waals surface area contributed by atoms with Gasteiger partial charge in [-0.1, -0.05) is 89.8 Å². The zero-order valence-corrected chi connectivity index (χ0v) is 18.8. The molecule has 0 radical (unpaired) electrons. The highest BCUT2D eigenvalue weighted by Crippen LogP contribution is 2.38. The largest absolute Gasteiger partial charge is 0.504 e. The molecule has 0 spiro atoms. The van der Waals surface area contributed by atoms with Gasteiger partial charge in [-0.25, -0.2) is 0 Å². The van der Waals surface area contributed by atoms with Crippen molar-refractivity contribution in [3.63, 3.8) is 0 Å². The van der Waals surface area contributed by atoms with Gasteiger partial charge in [-0.15, -0.1) is 0 Å². The third-order valence-corrected chi connectivity index (χ3v) is 5.60. The fraction of sp³-hybridized carbons (Fsp3) is 0.519. The molecule has 0 aliphatic heterocycles. The van der Waals surface area contributed by atoms with E-state index in [1.807, 2.05) is 37.3 Å². The van der Waals surface area contributed by atoms with Crippen molar-refractivity contribution in [1.29, 1.82) is 0 Å². The van der Waals surface area contributed by atoms with E-state index in [1.54, 1.807) is 12.1 Å². The number of aromatic hydroxyl groups is 1. The van der Waals surface area contributed by atoms with E-state index in [1.165, 1.54) is 51.4 Å². The molecule has 0 unspecified atom stereocenters. The van der Waals surface area contributed by atoms with Crippen molar-refractivity contribution < 1.29 is 14.6 Å². The number of carbonyl (C=O) groups is 1. The standard InChI is InChI=1S/C27H38O3/c1-3-5-6-7-8-9-10-11-12-16-19-24-23(25(28)4-2)20-21-26(29)27(24)30-22-17-14-13-15-18-22/h13-15,17-18,20-21,29H,3-12,16,19H2,1-2H3. The molecule has 164 valence electrons. The van der Waals surface area contributed by atoms with Gasteiger partial charge < -0.3 is 9.84 Å². The number of rotatable bonds is 15. The van der Waals surface area contributed by atoms with E-state index in [0.29, 0.717) is 23.5 Å². The smallest absolute Gasteiger partial charge is 0.172 e. The van der Waals surface area contributed by atoms with E-state index in [9.17, 15) is 9.90 Å². The van der Waals surface area contributed by atoms with Crippen molar-refractivity contribution in [2.75, 3.05) is 0 Å². The highest BCUT2D eigenvalue weighted by molar-refractivity contribution is 5.98. The number of unbranched alkanes of at least 4 members (excludes halogenated alkanes) is 9. The fourth-order valence-electron chi connectivity index (χ4n) is 3.82. The van der Waals surface area contributed by atoms with Crippen LogP contribution in [-0.4, -0.2) is 10.9 Å². The minimum atomic E-state index is 0.0913. The summed E-state index contributed by atoms with van der Waals surface area (Å²) in [6.07, 6.45) is 13.9. The molecule has 0 saturated heterocycles. The van der Waals surface area contributed by atoms with E-state index in [-0.39, 0.29) is 11.5 Å². The second-order valence-corrected chi connectivity index (χ2v) is 8.06. The lowest BCUT2D eigenvalue weighted by atomic mass is 9.95. The predicted octanol–water partition coefficient (Wildman–Crippen LogP) is 8.24. The van der Waals surface area contributed by atoms with Crippen LogP contribution in [0.1, 0.15) is 100 Å². The summed E-state index contributed by atoms with van der Waals surface area (Å²) in [6, 6.07) is 12.8. The molecule has 0 aliphatic carbocycles. The maximum absolute atomic E-state index is 12.5. The molecule has 3 heteroatoms. The van der Waals surface area contributed by atoms with Crippen LogP contribution >= 0.6 is 0 Å². The first kappa shape index (κ1) is 24.0. The summed E-state index contributed by atoms with van der Waals surface area (Å²) in [5.74, 6) is 1.28. The maximum atomic E-state index is 12.5. The number of Topliss-reactive ketones (excluding diaryl/α,β-unsaturated/α-hetero) is 1. The van der Waals surface area contributed by atoms with Gasteiger partial charge in [0.25, 0.3) is 0 Å². The molecule has 0 amide bonds. The maximum Gasteiger partial charge on any atom is 0.172 e. The minimum Gasteiger partial charge on any atom is -0.504 e. The topological polar surface area (TPSA) is 46.5 Å². The van der Waals surface area contributed by atoms with Crippen molar-refractivity contribution in [3.8, 4) is 17.2 Å². The van der Waals surface area contributed by atoms with Crippen LogP contribution in [0.5, 0.6) is 17.2 Å². The number of hydrogen-bond donors (Lipinski definition) is 1. The highest BCUT2D eigenvalue weighted by atomic mass is 16.5. The Labute approximate surface area is 182 Å². The zero-order chi connectivity index (χ0) is 21.6. The third kappa shape index (κ3) is 7.85. The van der Waals surface area contributed by atoms with E-state index in [2.05, 4.69) is 6.92 Å². The van der Waals surface area contributed by atoms with Gasteiger partial charge in [0.1, 0.15) is 5.75 Å². The lowest BCUT2D eigenvalue weighted by Gasteiger charge is -2.16. The monoisotopic (exact) mass is 410 g/mol. The summed E-state index contributed by atoms with van der Waals surface area (Å²) in [6.45, 7) is 4.12. The first-order valence-corrected chi connectivity index (χ1v) is 11.8. The van der Waals surface area contributed by atoms with Gasteiger partial charge in [0.05, 0.1) is 0 Å². The average Bonchev–Trinajstić information content (AvgIpc) is 2.77. The molecule has 3 nitrogen and oxygen atoms in total. The van der Waals surface area contributed by atoms with E-state index in [0.717, 1.165) is 24.8 Å². The van der Waals surface area contributed by atoms with Crippen molar-refractivity contribution >= 4 is 5.78 Å². The summed E-state index contributed by atoms with van der Waals surface area (Å²) in [5.41, 5.74) is 1.52. The molecule has 2 aromatic rings. The van der Waals surface area contributed by atoms with Crippen LogP contribution in [0.3, 0.4) is 0 Å². The quantitative estimate of drug-likeness (QED) is 0.237. The second-order valence-electron chi connectivity index (χ2n) is 8.06. The number of benzene rings is 2. The zero-order valence-electron chi connectivity index (χ0n) is 18.8. The lowest BCUT2D eigenvalue weighted by Crippen LogP contribution is -2.05. The Hall–Kier alpha value is -2.29. The summed E-state index contributed by atoms with van der Waals surface area (Å²) in [5, 5.41) is 10.5. The van der Waals surface area contributed by atoms with Gasteiger partial charge in [0, 0.05) is 17.5 Å². The molecule has 2 rings (SSSR count). The van der Waals surface area contributed by atoms with Gasteiger partial charge in [-0.3, -0.25) is 4.79 Å². The van der Waals surface area contributed by atoms with Gasteiger partial charge >= 0.3 is 0 Å². The van der Waals surface area contributed by atoms with E-state index < -0.39 is 0 Å². The fourth-order valence-corrected chi connectivity index (χ4v) is 3.82. The van der Waals surface area contributed by atoms with Gasteiger partial charge in [0.2, 0.25) is 0 Å².